The predicted octanol–water partition coefficient (Wildman–Crippen LogP) is 10.2. The second-order valence-electron chi connectivity index (χ2n) is 9.53. The Morgan fingerprint density at radius 2 is 1.05 bits per heavy atom. The highest BCUT2D eigenvalue weighted by molar-refractivity contribution is 7.18. The normalized spacial score (nSPS) is 11.4. The number of para-hydroxylation sites is 1. The largest absolute Gasteiger partial charge is 0.309 e. The van der Waals surface area contributed by atoms with Crippen molar-refractivity contribution in [2.24, 2.45) is 0 Å². The van der Waals surface area contributed by atoms with Crippen LogP contribution < -0.4 is 0 Å². The van der Waals surface area contributed by atoms with Gasteiger partial charge in [0.05, 0.1) is 11.0 Å². The van der Waals surface area contributed by atoms with Gasteiger partial charge in [0.1, 0.15) is 0 Å². The van der Waals surface area contributed by atoms with Crippen LogP contribution in [-0.2, 0) is 0 Å². The Hall–Kier alpha value is -4.40. The fraction of sp³-hybridized carbons (Fsp3) is 0.0286. The van der Waals surface area contributed by atoms with E-state index in [1.807, 2.05) is 11.3 Å². The molecule has 5 aromatic carbocycles. The molecule has 0 aliphatic carbocycles. The van der Waals surface area contributed by atoms with Crippen LogP contribution in [0.5, 0.6) is 0 Å². The summed E-state index contributed by atoms with van der Waals surface area (Å²) in [7, 11) is 0. The summed E-state index contributed by atoms with van der Waals surface area (Å²) < 4.78 is 2.39. The van der Waals surface area contributed by atoms with Crippen molar-refractivity contribution in [3.05, 3.63) is 139 Å². The molecule has 0 aliphatic heterocycles. The zero-order chi connectivity index (χ0) is 24.8. The minimum Gasteiger partial charge on any atom is -0.309 e. The molecule has 0 saturated heterocycles. The second-order valence-corrected chi connectivity index (χ2v) is 10.6. The second kappa shape index (κ2) is 8.92. The molecule has 0 N–H and O–H groups in total. The zero-order valence-corrected chi connectivity index (χ0v) is 21.4. The number of rotatable bonds is 4. The SMILES string of the molecule is Cc1ccc(-c2ccc3c(c2)c2ccccc2n3-c2ccc(-c3ccc(-c4ccccc4)s3)cc2)cc1. The first-order valence-electron chi connectivity index (χ1n) is 12.6. The maximum atomic E-state index is 2.39. The van der Waals surface area contributed by atoms with E-state index < -0.39 is 0 Å². The third-order valence-electron chi connectivity index (χ3n) is 7.13. The maximum absolute atomic E-state index is 2.39. The van der Waals surface area contributed by atoms with E-state index in [4.69, 9.17) is 0 Å². The maximum Gasteiger partial charge on any atom is 0.0541 e. The molecule has 7 rings (SSSR count). The summed E-state index contributed by atoms with van der Waals surface area (Å²) >= 11 is 1.84. The van der Waals surface area contributed by atoms with E-state index in [0.717, 1.165) is 0 Å². The molecule has 7 aromatic rings. The van der Waals surface area contributed by atoms with Gasteiger partial charge in [-0.3, -0.25) is 0 Å². The minimum absolute atomic E-state index is 1.18. The van der Waals surface area contributed by atoms with E-state index in [1.165, 1.54) is 65.1 Å². The minimum atomic E-state index is 1.18. The molecule has 176 valence electrons. The van der Waals surface area contributed by atoms with Gasteiger partial charge in [0, 0.05) is 26.2 Å². The molecule has 0 radical (unpaired) electrons. The van der Waals surface area contributed by atoms with Gasteiger partial charge in [-0.25, -0.2) is 0 Å². The number of thiophene rings is 1. The van der Waals surface area contributed by atoms with Gasteiger partial charge in [-0.1, -0.05) is 96.6 Å². The van der Waals surface area contributed by atoms with Crippen LogP contribution in [0.1, 0.15) is 5.56 Å². The number of hydrogen-bond donors (Lipinski definition) is 0. The van der Waals surface area contributed by atoms with Crippen LogP contribution in [0.4, 0.5) is 0 Å². The molecule has 0 bridgehead atoms. The van der Waals surface area contributed by atoms with E-state index >= 15 is 0 Å². The van der Waals surface area contributed by atoms with Crippen molar-refractivity contribution >= 4 is 33.1 Å². The van der Waals surface area contributed by atoms with Crippen molar-refractivity contribution in [3.63, 3.8) is 0 Å². The molecule has 2 heterocycles. The lowest BCUT2D eigenvalue weighted by molar-refractivity contribution is 1.18. The van der Waals surface area contributed by atoms with Crippen LogP contribution in [0.3, 0.4) is 0 Å². The fourth-order valence-corrected chi connectivity index (χ4v) is 6.22. The highest BCUT2D eigenvalue weighted by Gasteiger charge is 2.13. The van der Waals surface area contributed by atoms with Crippen LogP contribution in [-0.4, -0.2) is 4.57 Å². The third-order valence-corrected chi connectivity index (χ3v) is 8.32. The molecule has 1 nitrogen and oxygen atoms in total. The summed E-state index contributed by atoms with van der Waals surface area (Å²) in [4.78, 5) is 2.59. The molecule has 0 amide bonds. The average molecular weight is 492 g/mol. The summed E-state index contributed by atoms with van der Waals surface area (Å²) in [5.41, 5.74) is 9.93. The Balaban J connectivity index is 1.31. The summed E-state index contributed by atoms with van der Waals surface area (Å²) in [6.45, 7) is 2.13. The number of nitrogens with zero attached hydrogens (tertiary/aromatic N) is 1. The smallest absolute Gasteiger partial charge is 0.0541 e. The van der Waals surface area contributed by atoms with Crippen LogP contribution >= 0.6 is 11.3 Å². The van der Waals surface area contributed by atoms with Gasteiger partial charge in [0.25, 0.3) is 0 Å². The fourth-order valence-electron chi connectivity index (χ4n) is 5.20. The monoisotopic (exact) mass is 491 g/mol. The lowest BCUT2D eigenvalue weighted by atomic mass is 10.0. The van der Waals surface area contributed by atoms with Gasteiger partial charge in [-0.2, -0.15) is 0 Å². The Morgan fingerprint density at radius 1 is 0.459 bits per heavy atom. The van der Waals surface area contributed by atoms with Gasteiger partial charge < -0.3 is 4.57 Å². The van der Waals surface area contributed by atoms with Crippen molar-refractivity contribution in [3.8, 4) is 37.7 Å². The number of aromatic nitrogens is 1. The van der Waals surface area contributed by atoms with Gasteiger partial charge in [-0.05, 0) is 71.6 Å². The Kier molecular flexibility index (Phi) is 5.27. The van der Waals surface area contributed by atoms with Crippen LogP contribution in [0.25, 0.3) is 59.5 Å². The van der Waals surface area contributed by atoms with Crippen molar-refractivity contribution in [2.45, 2.75) is 6.92 Å². The molecule has 0 saturated carbocycles. The van der Waals surface area contributed by atoms with Crippen molar-refractivity contribution in [2.75, 3.05) is 0 Å². The third kappa shape index (κ3) is 3.87. The summed E-state index contributed by atoms with van der Waals surface area (Å²) in [5.74, 6) is 0. The van der Waals surface area contributed by atoms with Gasteiger partial charge >= 0.3 is 0 Å². The quantitative estimate of drug-likeness (QED) is 0.231. The first-order chi connectivity index (χ1) is 18.2. The Bertz CT molecular complexity index is 1850. The average Bonchev–Trinajstić information content (AvgIpc) is 3.57. The highest BCUT2D eigenvalue weighted by atomic mass is 32.1. The first-order valence-corrected chi connectivity index (χ1v) is 13.4. The molecule has 0 aliphatic rings. The van der Waals surface area contributed by atoms with Crippen molar-refractivity contribution < 1.29 is 0 Å². The first kappa shape index (κ1) is 21.8. The Morgan fingerprint density at radius 3 is 1.81 bits per heavy atom. The lowest BCUT2D eigenvalue weighted by Crippen LogP contribution is -1.93. The molecule has 0 unspecified atom stereocenters. The molecule has 2 aromatic heterocycles. The lowest BCUT2D eigenvalue weighted by Gasteiger charge is -2.09. The zero-order valence-electron chi connectivity index (χ0n) is 20.6. The van der Waals surface area contributed by atoms with Gasteiger partial charge in [-0.15, -0.1) is 11.3 Å². The predicted molar refractivity (Wildman–Crippen MR) is 160 cm³/mol. The van der Waals surface area contributed by atoms with E-state index in [0.29, 0.717) is 0 Å². The number of aryl methyl sites for hydroxylation is 1. The molecule has 0 atom stereocenters. The van der Waals surface area contributed by atoms with E-state index in [2.05, 4.69) is 145 Å². The summed E-state index contributed by atoms with van der Waals surface area (Å²) in [6.07, 6.45) is 0. The molecule has 0 fully saturated rings. The molecular formula is C35H25NS. The van der Waals surface area contributed by atoms with Gasteiger partial charge in [0.15, 0.2) is 0 Å². The topological polar surface area (TPSA) is 4.93 Å². The standard InChI is InChI=1S/C35H25NS/c1-24-11-13-25(14-12-24)28-17-20-33-31(23-28)30-9-5-6-10-32(30)36(33)29-18-15-27(16-19-29)35-22-21-34(37-35)26-7-3-2-4-8-26/h2-23H,1H3. The molecule has 0 spiro atoms. The molecule has 2 heteroatoms. The molecular weight excluding hydrogens is 466 g/mol. The number of hydrogen-bond acceptors (Lipinski definition) is 1. The van der Waals surface area contributed by atoms with E-state index in [1.54, 1.807) is 0 Å². The van der Waals surface area contributed by atoms with Crippen LogP contribution in [0.15, 0.2) is 133 Å². The van der Waals surface area contributed by atoms with Crippen molar-refractivity contribution in [1.29, 1.82) is 0 Å². The van der Waals surface area contributed by atoms with Gasteiger partial charge in [0.2, 0.25) is 0 Å². The van der Waals surface area contributed by atoms with Crippen LogP contribution in [0, 0.1) is 6.92 Å². The number of fused-ring (bicyclic) bond motifs is 3. The van der Waals surface area contributed by atoms with E-state index in [-0.39, 0.29) is 0 Å². The van der Waals surface area contributed by atoms with Crippen molar-refractivity contribution in [1.82, 2.24) is 4.57 Å². The number of benzene rings is 5. The molecule has 37 heavy (non-hydrogen) atoms. The van der Waals surface area contributed by atoms with E-state index in [9.17, 15) is 0 Å². The summed E-state index contributed by atoms with van der Waals surface area (Å²) in [5, 5.41) is 2.56. The van der Waals surface area contributed by atoms with Crippen LogP contribution in [0.2, 0.25) is 0 Å². The summed E-state index contributed by atoms with van der Waals surface area (Å²) in [6, 6.07) is 48.4. The highest BCUT2D eigenvalue weighted by Crippen LogP contribution is 2.37. The Labute approximate surface area is 220 Å².